The van der Waals surface area contributed by atoms with Crippen molar-refractivity contribution >= 4 is 23.0 Å². The van der Waals surface area contributed by atoms with Gasteiger partial charge in [0, 0.05) is 24.2 Å². The van der Waals surface area contributed by atoms with Gasteiger partial charge in [0.25, 0.3) is 0 Å². The lowest BCUT2D eigenvalue weighted by Crippen LogP contribution is -2.48. The van der Waals surface area contributed by atoms with Crippen LogP contribution in [0.25, 0.3) is 0 Å². The summed E-state index contributed by atoms with van der Waals surface area (Å²) >= 11 is 0. The van der Waals surface area contributed by atoms with Gasteiger partial charge in [-0.2, -0.15) is 0 Å². The van der Waals surface area contributed by atoms with Crippen LogP contribution in [0.5, 0.6) is 5.75 Å². The summed E-state index contributed by atoms with van der Waals surface area (Å²) < 4.78 is 5.19. The molecule has 4 rings (SSSR count). The molecule has 0 spiro atoms. The van der Waals surface area contributed by atoms with E-state index in [2.05, 4.69) is 4.99 Å². The number of Topliss-reactive ketones (excluding diaryl/α,β-unsaturated/α-hetero) is 1. The molecule has 0 radical (unpaired) electrons. The summed E-state index contributed by atoms with van der Waals surface area (Å²) in [4.78, 5) is 19.6. The lowest BCUT2D eigenvalue weighted by Gasteiger charge is -2.30. The second-order valence-corrected chi connectivity index (χ2v) is 6.68. The third-order valence-corrected chi connectivity index (χ3v) is 5.17. The number of hydrogen-bond acceptors (Lipinski definition) is 5. The third-order valence-electron chi connectivity index (χ3n) is 5.17. The van der Waals surface area contributed by atoms with Gasteiger partial charge >= 0.3 is 0 Å². The summed E-state index contributed by atoms with van der Waals surface area (Å²) in [6.07, 6.45) is 0.336. The van der Waals surface area contributed by atoms with Crippen LogP contribution >= 0.6 is 0 Å². The lowest BCUT2D eigenvalue weighted by molar-refractivity contribution is 0.0602. The number of anilines is 1. The van der Waals surface area contributed by atoms with E-state index in [1.165, 1.54) is 0 Å². The molecule has 0 aliphatic carbocycles. The normalized spacial score (nSPS) is 21.7. The minimum absolute atomic E-state index is 0.258. The van der Waals surface area contributed by atoms with Crippen LogP contribution in [-0.4, -0.2) is 36.0 Å². The van der Waals surface area contributed by atoms with Crippen molar-refractivity contribution in [3.05, 3.63) is 53.1 Å². The highest BCUT2D eigenvalue weighted by Gasteiger charge is 2.52. The molecule has 0 unspecified atom stereocenters. The van der Waals surface area contributed by atoms with E-state index in [1.807, 2.05) is 55.1 Å². The maximum atomic E-state index is 13.0. The van der Waals surface area contributed by atoms with Crippen LogP contribution < -0.4 is 9.64 Å². The highest BCUT2D eigenvalue weighted by molar-refractivity contribution is 6.28. The number of aliphatic imine (C=N–C) groups is 1. The number of rotatable bonds is 2. The fourth-order valence-corrected chi connectivity index (χ4v) is 3.51. The molecule has 0 amide bonds. The summed E-state index contributed by atoms with van der Waals surface area (Å²) in [7, 11) is 1.62. The van der Waals surface area contributed by atoms with Gasteiger partial charge in [-0.15, -0.1) is 0 Å². The molecule has 2 aromatic carbocycles. The zero-order valence-corrected chi connectivity index (χ0v) is 14.5. The van der Waals surface area contributed by atoms with Crippen molar-refractivity contribution in [1.29, 1.82) is 0 Å². The summed E-state index contributed by atoms with van der Waals surface area (Å²) in [6, 6.07) is 11.3. The predicted octanol–water partition coefficient (Wildman–Crippen LogP) is 3.18. The average molecular weight is 336 g/mol. The molecule has 2 aliphatic rings. The molecule has 2 aliphatic heterocycles. The second-order valence-electron chi connectivity index (χ2n) is 6.68. The number of nitrogens with zero attached hydrogens (tertiary/aromatic N) is 2. The van der Waals surface area contributed by atoms with Crippen LogP contribution in [0.3, 0.4) is 0 Å². The van der Waals surface area contributed by atoms with Gasteiger partial charge in [-0.1, -0.05) is 0 Å². The van der Waals surface area contributed by atoms with Crippen molar-refractivity contribution in [2.24, 2.45) is 4.99 Å². The zero-order chi connectivity index (χ0) is 17.8. The van der Waals surface area contributed by atoms with Crippen molar-refractivity contribution in [3.8, 4) is 5.75 Å². The first-order valence-corrected chi connectivity index (χ1v) is 8.33. The number of benzene rings is 2. The Hall–Kier alpha value is -2.66. The van der Waals surface area contributed by atoms with E-state index >= 15 is 0 Å². The summed E-state index contributed by atoms with van der Waals surface area (Å²) in [5, 5.41) is 11.1. The Morgan fingerprint density at radius 3 is 2.52 bits per heavy atom. The fraction of sp³-hybridized carbons (Fsp3) is 0.300. The Kier molecular flexibility index (Phi) is 3.44. The molecule has 5 heteroatoms. The van der Waals surface area contributed by atoms with Crippen LogP contribution in [-0.2, 0) is 0 Å². The minimum Gasteiger partial charge on any atom is -0.497 e. The van der Waals surface area contributed by atoms with Crippen LogP contribution in [0.2, 0.25) is 0 Å². The molecule has 0 bridgehead atoms. The largest absolute Gasteiger partial charge is 0.497 e. The number of ether oxygens (including phenoxy) is 1. The van der Waals surface area contributed by atoms with E-state index in [4.69, 9.17) is 4.74 Å². The molecular formula is C20H20N2O3. The predicted molar refractivity (Wildman–Crippen MR) is 97.2 cm³/mol. The Balaban J connectivity index is 1.83. The molecule has 1 saturated heterocycles. The van der Waals surface area contributed by atoms with Gasteiger partial charge in [-0.05, 0) is 61.4 Å². The molecule has 2 aromatic rings. The van der Waals surface area contributed by atoms with E-state index in [-0.39, 0.29) is 5.78 Å². The van der Waals surface area contributed by atoms with E-state index in [0.717, 1.165) is 22.6 Å². The van der Waals surface area contributed by atoms with Gasteiger partial charge in [-0.25, -0.2) is 4.99 Å². The zero-order valence-electron chi connectivity index (χ0n) is 14.5. The highest BCUT2D eigenvalue weighted by Crippen LogP contribution is 2.40. The van der Waals surface area contributed by atoms with Crippen molar-refractivity contribution in [2.45, 2.75) is 25.9 Å². The standard InChI is InChI=1S/C20H20N2O3/c1-12-10-16-17(11-13(12)2)21-19-20(24,18(16)23)8-9-22(19)14-4-6-15(25-3)7-5-14/h4-7,10-11,24H,8-9H2,1-3H3/t20-/m1/s1. The fourth-order valence-electron chi connectivity index (χ4n) is 3.51. The summed E-state index contributed by atoms with van der Waals surface area (Å²) in [5.41, 5.74) is 2.58. The van der Waals surface area contributed by atoms with Crippen molar-refractivity contribution in [2.75, 3.05) is 18.6 Å². The van der Waals surface area contributed by atoms with Crippen LogP contribution in [0, 0.1) is 13.8 Å². The molecule has 0 aromatic heterocycles. The van der Waals surface area contributed by atoms with Crippen LogP contribution in [0.4, 0.5) is 11.4 Å². The van der Waals surface area contributed by atoms with E-state index < -0.39 is 5.60 Å². The number of aliphatic hydroxyl groups is 1. The molecular weight excluding hydrogens is 316 g/mol. The number of methoxy groups -OCH3 is 1. The Labute approximate surface area is 146 Å². The van der Waals surface area contributed by atoms with Gasteiger partial charge in [0.05, 0.1) is 12.8 Å². The van der Waals surface area contributed by atoms with Gasteiger partial charge in [0.1, 0.15) is 11.6 Å². The SMILES string of the molecule is COc1ccc(N2CC[C@@]3(O)C(=O)c4cc(C)c(C)cc4N=C23)cc1. The lowest BCUT2D eigenvalue weighted by atomic mass is 9.86. The summed E-state index contributed by atoms with van der Waals surface area (Å²) in [6.45, 7) is 4.50. The Morgan fingerprint density at radius 2 is 1.84 bits per heavy atom. The molecule has 5 nitrogen and oxygen atoms in total. The molecule has 0 saturated carbocycles. The topological polar surface area (TPSA) is 62.1 Å². The molecule has 1 fully saturated rings. The van der Waals surface area contributed by atoms with E-state index in [0.29, 0.717) is 30.1 Å². The Morgan fingerprint density at radius 1 is 1.16 bits per heavy atom. The first-order chi connectivity index (χ1) is 11.9. The monoisotopic (exact) mass is 336 g/mol. The highest BCUT2D eigenvalue weighted by atomic mass is 16.5. The molecule has 1 atom stereocenters. The number of fused-ring (bicyclic) bond motifs is 2. The van der Waals surface area contributed by atoms with Crippen molar-refractivity contribution in [3.63, 3.8) is 0 Å². The quantitative estimate of drug-likeness (QED) is 0.915. The molecule has 1 N–H and O–H groups in total. The van der Waals surface area contributed by atoms with Crippen molar-refractivity contribution in [1.82, 2.24) is 0 Å². The van der Waals surface area contributed by atoms with Gasteiger partial charge < -0.3 is 14.7 Å². The molecule has 2 heterocycles. The maximum Gasteiger partial charge on any atom is 0.204 e. The van der Waals surface area contributed by atoms with E-state index in [9.17, 15) is 9.90 Å². The van der Waals surface area contributed by atoms with Crippen LogP contribution in [0.1, 0.15) is 27.9 Å². The van der Waals surface area contributed by atoms with Crippen molar-refractivity contribution < 1.29 is 14.6 Å². The number of amidine groups is 1. The number of ketones is 1. The third kappa shape index (κ3) is 2.27. The Bertz CT molecular complexity index is 902. The number of hydrogen-bond donors (Lipinski definition) is 1. The summed E-state index contributed by atoms with van der Waals surface area (Å²) in [5.74, 6) is 0.918. The first-order valence-electron chi connectivity index (χ1n) is 8.33. The van der Waals surface area contributed by atoms with E-state index in [1.54, 1.807) is 7.11 Å². The second kappa shape index (κ2) is 5.43. The van der Waals surface area contributed by atoms with Gasteiger partial charge in [0.2, 0.25) is 5.78 Å². The molecule has 128 valence electrons. The minimum atomic E-state index is -1.55. The smallest absolute Gasteiger partial charge is 0.204 e. The number of carbonyl (C=O) groups excluding carboxylic acids is 1. The van der Waals surface area contributed by atoms with Crippen LogP contribution in [0.15, 0.2) is 41.4 Å². The van der Waals surface area contributed by atoms with Gasteiger partial charge in [0.15, 0.2) is 5.60 Å². The number of aryl methyl sites for hydroxylation is 2. The number of carbonyl (C=O) groups is 1. The maximum absolute atomic E-state index is 13.0. The average Bonchev–Trinajstić information content (AvgIpc) is 2.95. The molecule has 25 heavy (non-hydrogen) atoms. The van der Waals surface area contributed by atoms with Gasteiger partial charge in [-0.3, -0.25) is 4.79 Å². The first kappa shape index (κ1) is 15.8.